The van der Waals surface area contributed by atoms with Gasteiger partial charge in [-0.3, -0.25) is 0 Å². The van der Waals surface area contributed by atoms with Gasteiger partial charge >= 0.3 is 0 Å². The summed E-state index contributed by atoms with van der Waals surface area (Å²) in [7, 11) is 0. The second kappa shape index (κ2) is 7.26. The molecule has 1 heterocycles. The van der Waals surface area contributed by atoms with Crippen LogP contribution in [0.1, 0.15) is 20.3 Å². The Kier molecular flexibility index (Phi) is 5.38. The minimum Gasteiger partial charge on any atom is -0.494 e. The monoisotopic (exact) mass is 322 g/mol. The molecule has 0 fully saturated rings. The highest BCUT2D eigenvalue weighted by Gasteiger charge is 2.26. The number of halogens is 1. The van der Waals surface area contributed by atoms with Crippen LogP contribution in [0.3, 0.4) is 0 Å². The number of rotatable bonds is 7. The van der Waals surface area contributed by atoms with Crippen molar-refractivity contribution in [2.45, 2.75) is 26.8 Å². The molecule has 118 valence electrons. The van der Waals surface area contributed by atoms with Gasteiger partial charge in [-0.2, -0.15) is 5.10 Å². The summed E-state index contributed by atoms with van der Waals surface area (Å²) in [6.07, 6.45) is 3.74. The third-order valence-corrected chi connectivity index (χ3v) is 3.74. The Morgan fingerprint density at radius 3 is 2.68 bits per heavy atom. The smallest absolute Gasteiger partial charge is 0.137 e. The molecule has 1 aromatic heterocycles. The van der Waals surface area contributed by atoms with E-state index in [0.717, 1.165) is 5.75 Å². The van der Waals surface area contributed by atoms with Crippen molar-refractivity contribution in [1.29, 1.82) is 0 Å². The highest BCUT2D eigenvalue weighted by atomic mass is 35.5. The van der Waals surface area contributed by atoms with Gasteiger partial charge in [-0.15, -0.1) is 0 Å². The number of nitrogens with zero attached hydrogens (tertiary/aromatic N) is 4. The van der Waals surface area contributed by atoms with Gasteiger partial charge in [0, 0.05) is 10.4 Å². The second-order valence-corrected chi connectivity index (χ2v) is 6.01. The topological polar surface area (TPSA) is 72.5 Å². The molecule has 0 aliphatic rings. The van der Waals surface area contributed by atoms with Crippen LogP contribution in [0.25, 0.3) is 0 Å². The number of hydrogen-bond donors (Lipinski definition) is 1. The van der Waals surface area contributed by atoms with E-state index in [1.54, 1.807) is 23.1 Å². The van der Waals surface area contributed by atoms with Crippen LogP contribution in [0.2, 0.25) is 5.02 Å². The summed E-state index contributed by atoms with van der Waals surface area (Å²) in [4.78, 5) is 3.88. The van der Waals surface area contributed by atoms with Gasteiger partial charge in [0.1, 0.15) is 18.4 Å². The normalized spacial score (nSPS) is 12.4. The van der Waals surface area contributed by atoms with Crippen molar-refractivity contribution < 1.29 is 9.94 Å². The second-order valence-electron chi connectivity index (χ2n) is 5.58. The lowest BCUT2D eigenvalue weighted by Gasteiger charge is -2.25. The summed E-state index contributed by atoms with van der Waals surface area (Å²) in [5, 5.41) is 17.4. The standard InChI is InChI=1S/C15H19ClN4O2/c1-15(2,14(19-21)9-20-11-17-10-18-20)7-8-22-13-5-3-12(16)4-6-13/h3-6,10-11,21H,7-9H2,1-2H3/b19-14-. The summed E-state index contributed by atoms with van der Waals surface area (Å²) < 4.78 is 7.32. The Bertz CT molecular complexity index is 609. The van der Waals surface area contributed by atoms with Crippen molar-refractivity contribution in [3.8, 4) is 5.75 Å². The third kappa shape index (κ3) is 4.46. The fourth-order valence-corrected chi connectivity index (χ4v) is 2.07. The Morgan fingerprint density at radius 2 is 2.09 bits per heavy atom. The minimum absolute atomic E-state index is 0.326. The zero-order chi connectivity index (χ0) is 16.0. The molecular formula is C15H19ClN4O2. The first kappa shape index (κ1) is 16.3. The van der Waals surface area contributed by atoms with Gasteiger partial charge in [-0.25, -0.2) is 9.67 Å². The van der Waals surface area contributed by atoms with E-state index in [0.29, 0.717) is 30.3 Å². The average Bonchev–Trinajstić information content (AvgIpc) is 2.99. The molecule has 2 rings (SSSR count). The fraction of sp³-hybridized carbons (Fsp3) is 0.400. The molecule has 0 saturated carbocycles. The molecule has 0 aliphatic carbocycles. The van der Waals surface area contributed by atoms with Crippen LogP contribution >= 0.6 is 11.6 Å². The van der Waals surface area contributed by atoms with Gasteiger partial charge in [0.2, 0.25) is 0 Å². The Morgan fingerprint density at radius 1 is 1.36 bits per heavy atom. The molecule has 0 unspecified atom stereocenters. The zero-order valence-electron chi connectivity index (χ0n) is 12.6. The predicted molar refractivity (Wildman–Crippen MR) is 84.6 cm³/mol. The van der Waals surface area contributed by atoms with Gasteiger partial charge in [0.15, 0.2) is 0 Å². The van der Waals surface area contributed by atoms with Crippen LogP contribution in [0.5, 0.6) is 5.75 Å². The molecule has 0 aliphatic heterocycles. The highest BCUT2D eigenvalue weighted by molar-refractivity contribution is 6.30. The molecule has 0 amide bonds. The van der Waals surface area contributed by atoms with Crippen molar-refractivity contribution in [2.75, 3.05) is 6.61 Å². The van der Waals surface area contributed by atoms with E-state index in [9.17, 15) is 5.21 Å². The maximum Gasteiger partial charge on any atom is 0.137 e. The molecule has 0 saturated heterocycles. The molecule has 2 aromatic rings. The van der Waals surface area contributed by atoms with Gasteiger partial charge in [0.05, 0.1) is 18.9 Å². The number of oxime groups is 1. The first-order valence-electron chi connectivity index (χ1n) is 6.93. The fourth-order valence-electron chi connectivity index (χ4n) is 1.95. The third-order valence-electron chi connectivity index (χ3n) is 3.49. The van der Waals surface area contributed by atoms with Crippen molar-refractivity contribution in [3.63, 3.8) is 0 Å². The number of ether oxygens (including phenoxy) is 1. The van der Waals surface area contributed by atoms with Crippen LogP contribution < -0.4 is 4.74 Å². The first-order valence-corrected chi connectivity index (χ1v) is 7.31. The van der Waals surface area contributed by atoms with Crippen molar-refractivity contribution in [2.24, 2.45) is 10.6 Å². The summed E-state index contributed by atoms with van der Waals surface area (Å²) in [6, 6.07) is 7.22. The number of aromatic nitrogens is 3. The first-order chi connectivity index (χ1) is 10.5. The van der Waals surface area contributed by atoms with E-state index in [4.69, 9.17) is 16.3 Å². The van der Waals surface area contributed by atoms with E-state index in [1.165, 1.54) is 6.33 Å². The molecule has 1 N–H and O–H groups in total. The van der Waals surface area contributed by atoms with Gasteiger partial charge in [0.25, 0.3) is 0 Å². The molecular weight excluding hydrogens is 304 g/mol. The van der Waals surface area contributed by atoms with Crippen LogP contribution in [-0.2, 0) is 6.54 Å². The van der Waals surface area contributed by atoms with Gasteiger partial charge in [-0.05, 0) is 30.7 Å². The predicted octanol–water partition coefficient (Wildman–Crippen LogP) is 3.26. The van der Waals surface area contributed by atoms with Crippen LogP contribution in [0.4, 0.5) is 0 Å². The molecule has 7 heteroatoms. The molecule has 6 nitrogen and oxygen atoms in total. The molecule has 0 bridgehead atoms. The quantitative estimate of drug-likeness (QED) is 0.482. The number of benzene rings is 1. The highest BCUT2D eigenvalue weighted by Crippen LogP contribution is 2.24. The largest absolute Gasteiger partial charge is 0.494 e. The van der Waals surface area contributed by atoms with Gasteiger partial charge in [-0.1, -0.05) is 30.6 Å². The van der Waals surface area contributed by atoms with Crippen molar-refractivity contribution >= 4 is 17.3 Å². The molecule has 0 atom stereocenters. The molecule has 22 heavy (non-hydrogen) atoms. The summed E-state index contributed by atoms with van der Waals surface area (Å²) in [6.45, 7) is 4.91. The Hall–Kier alpha value is -2.08. The van der Waals surface area contributed by atoms with Crippen molar-refractivity contribution in [3.05, 3.63) is 41.9 Å². The molecule has 0 spiro atoms. The van der Waals surface area contributed by atoms with Crippen molar-refractivity contribution in [1.82, 2.24) is 14.8 Å². The molecule has 1 aromatic carbocycles. The lowest BCUT2D eigenvalue weighted by molar-refractivity contribution is 0.257. The Balaban J connectivity index is 1.90. The van der Waals surface area contributed by atoms with Crippen LogP contribution in [0, 0.1) is 5.41 Å². The van der Waals surface area contributed by atoms with E-state index >= 15 is 0 Å². The van der Waals surface area contributed by atoms with E-state index in [1.807, 2.05) is 26.0 Å². The summed E-state index contributed by atoms with van der Waals surface area (Å²) in [5.74, 6) is 0.763. The lowest BCUT2D eigenvalue weighted by atomic mass is 9.84. The summed E-state index contributed by atoms with van der Waals surface area (Å²) >= 11 is 5.83. The maximum atomic E-state index is 9.28. The Labute approximate surface area is 134 Å². The van der Waals surface area contributed by atoms with E-state index in [-0.39, 0.29) is 5.41 Å². The lowest BCUT2D eigenvalue weighted by Crippen LogP contribution is -2.30. The maximum absolute atomic E-state index is 9.28. The van der Waals surface area contributed by atoms with Crippen LogP contribution in [-0.4, -0.2) is 32.3 Å². The zero-order valence-corrected chi connectivity index (χ0v) is 13.4. The minimum atomic E-state index is -0.326. The molecule has 0 radical (unpaired) electrons. The van der Waals surface area contributed by atoms with Crippen LogP contribution in [0.15, 0.2) is 42.1 Å². The van der Waals surface area contributed by atoms with Gasteiger partial charge < -0.3 is 9.94 Å². The average molecular weight is 323 g/mol. The summed E-state index contributed by atoms with van der Waals surface area (Å²) in [5.41, 5.74) is 0.297. The number of hydrogen-bond acceptors (Lipinski definition) is 5. The van der Waals surface area contributed by atoms with E-state index in [2.05, 4.69) is 15.2 Å². The van der Waals surface area contributed by atoms with E-state index < -0.39 is 0 Å². The SMILES string of the molecule is CC(C)(CCOc1ccc(Cl)cc1)/C(Cn1cncn1)=N\O.